The first-order chi connectivity index (χ1) is 13.0. The minimum Gasteiger partial charge on any atom is -0.360 e. The van der Waals surface area contributed by atoms with Crippen molar-refractivity contribution >= 4 is 46.4 Å². The van der Waals surface area contributed by atoms with Crippen molar-refractivity contribution in [3.63, 3.8) is 0 Å². The highest BCUT2D eigenvalue weighted by Crippen LogP contribution is 2.25. The summed E-state index contributed by atoms with van der Waals surface area (Å²) < 4.78 is 0. The smallest absolute Gasteiger partial charge is 0.292 e. The maximum Gasteiger partial charge on any atom is 0.292 e. The van der Waals surface area contributed by atoms with Crippen LogP contribution in [0.3, 0.4) is 0 Å². The van der Waals surface area contributed by atoms with E-state index in [-0.39, 0.29) is 24.3 Å². The minimum atomic E-state index is -0.316. The molecule has 2 aliphatic heterocycles. The second-order valence-corrected chi connectivity index (χ2v) is 7.80. The first-order valence-electron chi connectivity index (χ1n) is 9.00. The van der Waals surface area contributed by atoms with Gasteiger partial charge in [-0.3, -0.25) is 9.59 Å². The van der Waals surface area contributed by atoms with E-state index in [1.54, 1.807) is 24.3 Å². The van der Waals surface area contributed by atoms with Crippen LogP contribution in [0.25, 0.3) is 0 Å². The highest BCUT2D eigenvalue weighted by atomic mass is 35.5. The third-order valence-corrected chi connectivity index (χ3v) is 5.79. The highest BCUT2D eigenvalue weighted by molar-refractivity contribution is 6.31. The molecule has 2 aromatic rings. The number of amides is 2. The minimum absolute atomic E-state index is 0.128. The zero-order valence-corrected chi connectivity index (χ0v) is 16.2. The van der Waals surface area contributed by atoms with E-state index in [9.17, 15) is 9.59 Å². The number of piperazine rings is 1. The molecule has 1 N–H and O–H groups in total. The van der Waals surface area contributed by atoms with E-state index in [1.807, 2.05) is 24.3 Å². The summed E-state index contributed by atoms with van der Waals surface area (Å²) in [5, 5.41) is 1.24. The van der Waals surface area contributed by atoms with Crippen LogP contribution >= 0.6 is 23.2 Å². The van der Waals surface area contributed by atoms with Crippen molar-refractivity contribution in [1.82, 2.24) is 0 Å². The first kappa shape index (κ1) is 18.3. The van der Waals surface area contributed by atoms with Crippen molar-refractivity contribution in [1.29, 1.82) is 0 Å². The molecule has 0 saturated carbocycles. The van der Waals surface area contributed by atoms with Gasteiger partial charge < -0.3 is 9.80 Å². The summed E-state index contributed by atoms with van der Waals surface area (Å²) in [7, 11) is 0. The average Bonchev–Trinajstić information content (AvgIpc) is 2.97. The molecule has 27 heavy (non-hydrogen) atoms. The van der Waals surface area contributed by atoms with Gasteiger partial charge in [0, 0.05) is 15.7 Å². The number of nitrogens with zero attached hydrogens (tertiary/aromatic N) is 2. The summed E-state index contributed by atoms with van der Waals surface area (Å²) in [4.78, 5) is 30.2. The molecule has 2 amide bonds. The third kappa shape index (κ3) is 3.68. The molecule has 4 rings (SSSR count). The number of carbonyl (C=O) groups excluding carboxylic acids is 2. The van der Waals surface area contributed by atoms with Gasteiger partial charge >= 0.3 is 0 Å². The Morgan fingerprint density at radius 3 is 2.26 bits per heavy atom. The maximum absolute atomic E-state index is 12.9. The molecule has 7 heteroatoms. The monoisotopic (exact) mass is 404 g/mol. The van der Waals surface area contributed by atoms with Crippen molar-refractivity contribution in [2.45, 2.75) is 12.5 Å². The Labute approximate surface area is 168 Å². The van der Waals surface area contributed by atoms with Crippen LogP contribution in [0.15, 0.2) is 48.5 Å². The van der Waals surface area contributed by atoms with Gasteiger partial charge in [0.1, 0.15) is 0 Å². The summed E-state index contributed by atoms with van der Waals surface area (Å²) in [6.45, 7) is 3.31. The largest absolute Gasteiger partial charge is 0.360 e. The molecule has 0 aliphatic carbocycles. The van der Waals surface area contributed by atoms with Crippen molar-refractivity contribution in [3.05, 3.63) is 58.6 Å². The quantitative estimate of drug-likeness (QED) is 0.796. The zero-order chi connectivity index (χ0) is 19.0. The number of carbonyl (C=O) groups is 2. The molecule has 0 bridgehead atoms. The molecule has 0 aromatic heterocycles. The Hall–Kier alpha value is -2.08. The summed E-state index contributed by atoms with van der Waals surface area (Å²) in [5.74, 6) is -0.280. The zero-order valence-electron chi connectivity index (χ0n) is 14.7. The van der Waals surface area contributed by atoms with E-state index < -0.39 is 0 Å². The normalized spacial score (nSPS) is 21.2. The molecule has 0 unspecified atom stereocenters. The number of quaternary nitrogens is 1. The lowest BCUT2D eigenvalue weighted by atomic mass is 10.1. The van der Waals surface area contributed by atoms with Crippen LogP contribution in [0.4, 0.5) is 11.4 Å². The fourth-order valence-electron chi connectivity index (χ4n) is 3.89. The van der Waals surface area contributed by atoms with Crippen molar-refractivity contribution in [2.75, 3.05) is 36.0 Å². The fourth-order valence-corrected chi connectivity index (χ4v) is 4.20. The summed E-state index contributed by atoms with van der Waals surface area (Å²) in [5.41, 5.74) is 1.69. The molecule has 2 heterocycles. The lowest BCUT2D eigenvalue weighted by Crippen LogP contribution is -3.19. The predicted molar refractivity (Wildman–Crippen MR) is 107 cm³/mol. The Balaban J connectivity index is 1.44. The van der Waals surface area contributed by atoms with E-state index in [0.717, 1.165) is 36.9 Å². The molecule has 0 spiro atoms. The van der Waals surface area contributed by atoms with Gasteiger partial charge in [-0.1, -0.05) is 29.3 Å². The Morgan fingerprint density at radius 1 is 0.889 bits per heavy atom. The van der Waals surface area contributed by atoms with E-state index in [0.29, 0.717) is 10.7 Å². The Kier molecular flexibility index (Phi) is 5.08. The molecule has 2 aliphatic rings. The number of hydrogen-bond donors (Lipinski definition) is 1. The second kappa shape index (κ2) is 7.50. The summed E-state index contributed by atoms with van der Waals surface area (Å²) in [6, 6.07) is 14.4. The lowest BCUT2D eigenvalue weighted by molar-refractivity contribution is -0.915. The molecule has 0 radical (unpaired) electrons. The van der Waals surface area contributed by atoms with Crippen LogP contribution in [0.1, 0.15) is 6.42 Å². The Morgan fingerprint density at radius 2 is 1.59 bits per heavy atom. The highest BCUT2D eigenvalue weighted by Gasteiger charge is 2.46. The number of nitrogens with one attached hydrogen (secondary N) is 1. The molecular formula is C20H20Cl2N3O2+. The van der Waals surface area contributed by atoms with Crippen molar-refractivity contribution < 1.29 is 14.5 Å². The van der Waals surface area contributed by atoms with Crippen LogP contribution in [0.5, 0.6) is 0 Å². The number of benzene rings is 2. The molecule has 2 fully saturated rings. The van der Waals surface area contributed by atoms with E-state index >= 15 is 0 Å². The van der Waals surface area contributed by atoms with Crippen molar-refractivity contribution in [2.24, 2.45) is 0 Å². The van der Waals surface area contributed by atoms with Gasteiger partial charge in [0.05, 0.1) is 38.3 Å². The fraction of sp³-hybridized carbons (Fsp3) is 0.300. The molecule has 2 aromatic carbocycles. The van der Waals surface area contributed by atoms with Gasteiger partial charge in [0.2, 0.25) is 5.91 Å². The molecule has 140 valence electrons. The number of halogens is 2. The van der Waals surface area contributed by atoms with Crippen molar-refractivity contribution in [3.8, 4) is 0 Å². The predicted octanol–water partition coefficient (Wildman–Crippen LogP) is 2.03. The lowest BCUT2D eigenvalue weighted by Gasteiger charge is -2.35. The SMILES string of the molecule is O=C1C[C@H]([NH+]2CCN(c3ccc(Cl)cc3)CC2)C(=O)N1c1cccc(Cl)c1. The second-order valence-electron chi connectivity index (χ2n) is 6.93. The van der Waals surface area contributed by atoms with E-state index in [4.69, 9.17) is 23.2 Å². The Bertz CT molecular complexity index is 864. The number of anilines is 2. The summed E-state index contributed by atoms with van der Waals surface area (Å²) in [6.07, 6.45) is 0.252. The topological polar surface area (TPSA) is 45.1 Å². The van der Waals surface area contributed by atoms with E-state index in [2.05, 4.69) is 4.90 Å². The standard InChI is InChI=1S/C20H19Cl2N3O2/c21-14-4-6-16(7-5-14)23-8-10-24(11-9-23)18-13-19(26)25(20(18)27)17-3-1-2-15(22)12-17/h1-7,12,18H,8-11,13H2/p+1/t18-/m0/s1. The van der Waals surface area contributed by atoms with Gasteiger partial charge in [0.25, 0.3) is 5.91 Å². The van der Waals surface area contributed by atoms with Gasteiger partial charge in [-0.15, -0.1) is 0 Å². The number of hydrogen-bond acceptors (Lipinski definition) is 3. The molecule has 1 atom stereocenters. The average molecular weight is 405 g/mol. The van der Waals surface area contributed by atoms with E-state index in [1.165, 1.54) is 9.80 Å². The number of imide groups is 1. The van der Waals surface area contributed by atoms with Crippen LogP contribution in [-0.2, 0) is 9.59 Å². The summed E-state index contributed by atoms with van der Waals surface area (Å²) >= 11 is 12.0. The van der Waals surface area contributed by atoms with Gasteiger partial charge in [-0.25, -0.2) is 4.90 Å². The number of rotatable bonds is 3. The van der Waals surface area contributed by atoms with Crippen LogP contribution in [-0.4, -0.2) is 44.0 Å². The van der Waals surface area contributed by atoms with Crippen LogP contribution in [0, 0.1) is 0 Å². The third-order valence-electron chi connectivity index (χ3n) is 5.30. The van der Waals surface area contributed by atoms with Crippen LogP contribution < -0.4 is 14.7 Å². The van der Waals surface area contributed by atoms with Crippen LogP contribution in [0.2, 0.25) is 10.0 Å². The van der Waals surface area contributed by atoms with Gasteiger partial charge in [-0.05, 0) is 42.5 Å². The molecule has 5 nitrogen and oxygen atoms in total. The molecular weight excluding hydrogens is 385 g/mol. The maximum atomic E-state index is 12.9. The molecule has 2 saturated heterocycles. The van der Waals surface area contributed by atoms with Gasteiger partial charge in [-0.2, -0.15) is 0 Å². The van der Waals surface area contributed by atoms with Gasteiger partial charge in [0.15, 0.2) is 6.04 Å². The first-order valence-corrected chi connectivity index (χ1v) is 9.76.